The van der Waals surface area contributed by atoms with Gasteiger partial charge in [0.05, 0.1) is 5.92 Å². The molecule has 2 fully saturated rings. The zero-order valence-corrected chi connectivity index (χ0v) is 19.3. The minimum Gasteiger partial charge on any atom is -0.481 e. The fraction of sp³-hybridized carbons (Fsp3) is 0.444. The average Bonchev–Trinajstić information content (AvgIpc) is 3.13. The number of piperidine rings is 1. The van der Waals surface area contributed by atoms with E-state index in [1.165, 1.54) is 22.3 Å². The van der Waals surface area contributed by atoms with Gasteiger partial charge >= 0.3 is 12.1 Å². The van der Waals surface area contributed by atoms with Crippen LogP contribution in [0.15, 0.2) is 48.5 Å². The summed E-state index contributed by atoms with van der Waals surface area (Å²) in [6.07, 6.45) is 1.97. The Balaban J connectivity index is 1.12. The van der Waals surface area contributed by atoms with E-state index in [0.29, 0.717) is 32.2 Å². The molecule has 2 amide bonds. The van der Waals surface area contributed by atoms with Gasteiger partial charge in [0.15, 0.2) is 0 Å². The van der Waals surface area contributed by atoms with Crippen LogP contribution in [-0.4, -0.2) is 53.2 Å². The van der Waals surface area contributed by atoms with Crippen molar-refractivity contribution in [1.29, 1.82) is 0 Å². The van der Waals surface area contributed by atoms with E-state index in [9.17, 15) is 19.5 Å². The van der Waals surface area contributed by atoms with E-state index in [2.05, 4.69) is 29.6 Å². The van der Waals surface area contributed by atoms with Gasteiger partial charge in [-0.15, -0.1) is 0 Å². The summed E-state index contributed by atoms with van der Waals surface area (Å²) in [5.41, 5.74) is 4.70. The molecule has 0 radical (unpaired) electrons. The van der Waals surface area contributed by atoms with Gasteiger partial charge in [-0.05, 0) is 54.9 Å². The van der Waals surface area contributed by atoms with E-state index >= 15 is 0 Å². The fourth-order valence-corrected chi connectivity index (χ4v) is 5.76. The lowest BCUT2D eigenvalue weighted by atomic mass is 9.78. The Morgan fingerprint density at radius 1 is 1.03 bits per heavy atom. The first-order valence-corrected chi connectivity index (χ1v) is 12.1. The van der Waals surface area contributed by atoms with Crippen molar-refractivity contribution < 1.29 is 24.2 Å². The zero-order chi connectivity index (χ0) is 23.8. The summed E-state index contributed by atoms with van der Waals surface area (Å²) in [7, 11) is 0. The number of nitrogens with zero attached hydrogens (tertiary/aromatic N) is 1. The summed E-state index contributed by atoms with van der Waals surface area (Å²) in [6.45, 7) is 2.68. The molecule has 2 atom stereocenters. The number of benzene rings is 2. The third-order valence-electron chi connectivity index (χ3n) is 7.74. The number of alkyl carbamates (subject to hydrolysis) is 1. The van der Waals surface area contributed by atoms with Crippen LogP contribution in [0.4, 0.5) is 4.79 Å². The number of ether oxygens (including phenoxy) is 1. The minimum atomic E-state index is -0.839. The van der Waals surface area contributed by atoms with E-state index in [1.54, 1.807) is 4.90 Å². The van der Waals surface area contributed by atoms with Crippen molar-refractivity contribution >= 4 is 18.0 Å². The van der Waals surface area contributed by atoms with E-state index in [1.807, 2.05) is 31.2 Å². The quantitative estimate of drug-likeness (QED) is 0.700. The second kappa shape index (κ2) is 9.12. The van der Waals surface area contributed by atoms with Crippen LogP contribution in [0.1, 0.15) is 49.7 Å². The summed E-state index contributed by atoms with van der Waals surface area (Å²) < 4.78 is 5.60. The molecule has 5 rings (SSSR count). The highest BCUT2D eigenvalue weighted by atomic mass is 16.5. The van der Waals surface area contributed by atoms with Gasteiger partial charge in [0.1, 0.15) is 6.61 Å². The Bertz CT molecular complexity index is 1060. The number of carbonyl (C=O) groups is 3. The molecule has 1 saturated carbocycles. The smallest absolute Gasteiger partial charge is 0.407 e. The number of carboxylic acids is 1. The summed E-state index contributed by atoms with van der Waals surface area (Å²) in [5, 5.41) is 12.3. The molecule has 0 bridgehead atoms. The summed E-state index contributed by atoms with van der Waals surface area (Å²) in [4.78, 5) is 38.6. The van der Waals surface area contributed by atoms with Crippen LogP contribution in [0.5, 0.6) is 0 Å². The fourth-order valence-electron chi connectivity index (χ4n) is 5.76. The van der Waals surface area contributed by atoms with Gasteiger partial charge in [0.2, 0.25) is 5.91 Å². The SMILES string of the molecule is C[C@@H]1[C@H](C(=O)O)CCCN1C(=O)C1CC(NC(=O)OCC2c3ccccc3-c3ccccc32)C1. The highest BCUT2D eigenvalue weighted by molar-refractivity contribution is 5.82. The Kier molecular flexibility index (Phi) is 6.02. The van der Waals surface area contributed by atoms with Gasteiger partial charge in [0, 0.05) is 30.5 Å². The third kappa shape index (κ3) is 4.04. The number of carboxylic acid groups (broad SMARTS) is 1. The van der Waals surface area contributed by atoms with Crippen molar-refractivity contribution in [3.8, 4) is 11.1 Å². The number of fused-ring (bicyclic) bond motifs is 3. The molecule has 178 valence electrons. The van der Waals surface area contributed by atoms with Crippen molar-refractivity contribution in [1.82, 2.24) is 10.2 Å². The van der Waals surface area contributed by atoms with E-state index in [-0.39, 0.29) is 36.4 Å². The maximum absolute atomic E-state index is 12.9. The molecule has 2 N–H and O–H groups in total. The molecule has 3 aliphatic rings. The van der Waals surface area contributed by atoms with Gasteiger partial charge in [-0.3, -0.25) is 9.59 Å². The third-order valence-corrected chi connectivity index (χ3v) is 7.74. The molecular formula is C27H30N2O5. The molecule has 2 aliphatic carbocycles. The molecule has 0 aromatic heterocycles. The summed E-state index contributed by atoms with van der Waals surface area (Å²) >= 11 is 0. The van der Waals surface area contributed by atoms with Crippen LogP contribution in [0, 0.1) is 11.8 Å². The topological polar surface area (TPSA) is 95.9 Å². The standard InChI is InChI=1S/C27H30N2O5/c1-16-19(26(31)32)11-6-12-29(16)25(30)17-13-18(14-17)28-27(33)34-15-24-22-9-4-2-7-20(22)21-8-3-5-10-23(21)24/h2-5,7-10,16-19,24H,6,11-15H2,1H3,(H,28,33)(H,31,32)/t16-,17?,18?,19-/m1/s1. The maximum Gasteiger partial charge on any atom is 0.407 e. The number of likely N-dealkylation sites (tertiary alicyclic amines) is 1. The largest absolute Gasteiger partial charge is 0.481 e. The van der Waals surface area contributed by atoms with E-state index in [0.717, 1.165) is 0 Å². The number of amides is 2. The number of aliphatic carboxylic acids is 1. The number of rotatable bonds is 5. The zero-order valence-electron chi connectivity index (χ0n) is 19.3. The van der Waals surface area contributed by atoms with Crippen molar-refractivity contribution in [3.05, 3.63) is 59.7 Å². The van der Waals surface area contributed by atoms with Crippen molar-refractivity contribution in [2.45, 2.75) is 50.6 Å². The van der Waals surface area contributed by atoms with Crippen LogP contribution < -0.4 is 5.32 Å². The Morgan fingerprint density at radius 2 is 1.65 bits per heavy atom. The van der Waals surface area contributed by atoms with Crippen molar-refractivity contribution in [2.75, 3.05) is 13.2 Å². The van der Waals surface area contributed by atoms with Gasteiger partial charge in [-0.25, -0.2) is 4.79 Å². The normalized spacial score (nSPS) is 25.6. The van der Waals surface area contributed by atoms with E-state index < -0.39 is 18.0 Å². The van der Waals surface area contributed by atoms with Crippen molar-refractivity contribution in [2.24, 2.45) is 11.8 Å². The first-order chi connectivity index (χ1) is 16.4. The molecule has 0 spiro atoms. The van der Waals surface area contributed by atoms with Crippen LogP contribution in [0.25, 0.3) is 11.1 Å². The van der Waals surface area contributed by atoms with Crippen LogP contribution in [0.3, 0.4) is 0 Å². The van der Waals surface area contributed by atoms with Gasteiger partial charge < -0.3 is 20.1 Å². The number of hydrogen-bond acceptors (Lipinski definition) is 4. The lowest BCUT2D eigenvalue weighted by Gasteiger charge is -2.43. The first-order valence-electron chi connectivity index (χ1n) is 12.1. The molecule has 1 aliphatic heterocycles. The van der Waals surface area contributed by atoms with Crippen molar-refractivity contribution in [3.63, 3.8) is 0 Å². The summed E-state index contributed by atoms with van der Waals surface area (Å²) in [5.74, 6) is -1.50. The molecule has 7 nitrogen and oxygen atoms in total. The van der Waals surface area contributed by atoms with Gasteiger partial charge in [-0.1, -0.05) is 48.5 Å². The highest BCUT2D eigenvalue weighted by Gasteiger charge is 2.42. The molecule has 1 saturated heterocycles. The van der Waals surface area contributed by atoms with Crippen LogP contribution in [0.2, 0.25) is 0 Å². The second-order valence-corrected chi connectivity index (χ2v) is 9.69. The van der Waals surface area contributed by atoms with E-state index in [4.69, 9.17) is 4.74 Å². The monoisotopic (exact) mass is 462 g/mol. The molecule has 2 aromatic carbocycles. The number of carbonyl (C=O) groups excluding carboxylic acids is 2. The Morgan fingerprint density at radius 3 is 2.26 bits per heavy atom. The van der Waals surface area contributed by atoms with Gasteiger partial charge in [0.25, 0.3) is 0 Å². The minimum absolute atomic E-state index is 0.00374. The first kappa shape index (κ1) is 22.4. The van der Waals surface area contributed by atoms with Crippen LogP contribution in [-0.2, 0) is 14.3 Å². The predicted octanol–water partition coefficient (Wildman–Crippen LogP) is 4.02. The molecule has 1 heterocycles. The molecule has 7 heteroatoms. The average molecular weight is 463 g/mol. The number of hydrogen-bond donors (Lipinski definition) is 2. The lowest BCUT2D eigenvalue weighted by molar-refractivity contribution is -0.152. The Labute approximate surface area is 199 Å². The molecule has 0 unspecified atom stereocenters. The number of nitrogens with one attached hydrogen (secondary N) is 1. The van der Waals surface area contributed by atoms with Gasteiger partial charge in [-0.2, -0.15) is 0 Å². The van der Waals surface area contributed by atoms with Crippen LogP contribution >= 0.6 is 0 Å². The predicted molar refractivity (Wildman–Crippen MR) is 126 cm³/mol. The molecule has 2 aromatic rings. The summed E-state index contributed by atoms with van der Waals surface area (Å²) in [6, 6.07) is 16.0. The lowest BCUT2D eigenvalue weighted by Crippen LogP contribution is -2.55. The molecule has 34 heavy (non-hydrogen) atoms. The second-order valence-electron chi connectivity index (χ2n) is 9.69. The highest BCUT2D eigenvalue weighted by Crippen LogP contribution is 2.44. The Hall–Kier alpha value is -3.35. The maximum atomic E-state index is 12.9. The molecular weight excluding hydrogens is 432 g/mol.